The van der Waals surface area contributed by atoms with Crippen molar-refractivity contribution in [2.75, 3.05) is 18.0 Å². The lowest BCUT2D eigenvalue weighted by Crippen LogP contribution is -2.19. The third kappa shape index (κ3) is 2.15. The highest BCUT2D eigenvalue weighted by Crippen LogP contribution is 2.25. The molecule has 0 aromatic heterocycles. The van der Waals surface area contributed by atoms with Gasteiger partial charge in [-0.3, -0.25) is 4.79 Å². The number of halogens is 1. The fraction of sp³-hybridized carbons (Fsp3) is 0.417. The second kappa shape index (κ2) is 4.23. The van der Waals surface area contributed by atoms with E-state index in [1.54, 1.807) is 0 Å². The van der Waals surface area contributed by atoms with E-state index in [9.17, 15) is 4.79 Å². The van der Waals surface area contributed by atoms with Gasteiger partial charge in [0.05, 0.1) is 6.54 Å². The summed E-state index contributed by atoms with van der Waals surface area (Å²) in [6, 6.07) is 6.04. The van der Waals surface area contributed by atoms with Gasteiger partial charge in [0.2, 0.25) is 0 Å². The molecule has 0 saturated carbocycles. The molecule has 0 bridgehead atoms. The second-order valence-electron chi connectivity index (χ2n) is 3.84. The fourth-order valence-corrected chi connectivity index (χ4v) is 2.18. The summed E-state index contributed by atoms with van der Waals surface area (Å²) in [5.41, 5.74) is 2.22. The molecule has 0 atom stereocenters. The summed E-state index contributed by atoms with van der Waals surface area (Å²) in [5, 5.41) is 0.800. The van der Waals surface area contributed by atoms with Crippen molar-refractivity contribution in [3.05, 3.63) is 28.8 Å². The van der Waals surface area contributed by atoms with Gasteiger partial charge in [-0.25, -0.2) is 0 Å². The molecule has 0 radical (unpaired) electrons. The molecule has 1 aliphatic rings. The Bertz CT molecular complexity index is 389. The number of carbonyl (C=O) groups is 1. The molecule has 3 heteroatoms. The van der Waals surface area contributed by atoms with Crippen molar-refractivity contribution in [3.63, 3.8) is 0 Å². The van der Waals surface area contributed by atoms with Crippen molar-refractivity contribution in [1.29, 1.82) is 0 Å². The van der Waals surface area contributed by atoms with E-state index >= 15 is 0 Å². The van der Waals surface area contributed by atoms with Gasteiger partial charge in [-0.2, -0.15) is 0 Å². The Morgan fingerprint density at radius 2 is 2.27 bits per heavy atom. The topological polar surface area (TPSA) is 20.3 Å². The Balaban J connectivity index is 2.22. The largest absolute Gasteiger partial charge is 0.364 e. The Kier molecular flexibility index (Phi) is 2.96. The normalized spacial score (nSPS) is 16.1. The fourth-order valence-electron chi connectivity index (χ4n) is 1.87. The molecule has 15 heavy (non-hydrogen) atoms. The van der Waals surface area contributed by atoms with Crippen LogP contribution in [-0.4, -0.2) is 18.9 Å². The van der Waals surface area contributed by atoms with E-state index in [0.29, 0.717) is 18.7 Å². The summed E-state index contributed by atoms with van der Waals surface area (Å²) in [5.74, 6) is 0.311. The van der Waals surface area contributed by atoms with Crippen LogP contribution in [0.25, 0.3) is 0 Å². The molecule has 1 aromatic carbocycles. The minimum absolute atomic E-state index is 0.311. The second-order valence-corrected chi connectivity index (χ2v) is 4.25. The third-order valence-corrected chi connectivity index (χ3v) is 3.16. The number of ketones is 1. The molecule has 1 saturated heterocycles. The lowest BCUT2D eigenvalue weighted by molar-refractivity contribution is -0.116. The molecule has 80 valence electrons. The number of Topliss-reactive ketones (excluding diaryl/α,β-unsaturated/α-hetero) is 1. The number of nitrogens with zero attached hydrogens (tertiary/aromatic N) is 1. The first-order valence-electron chi connectivity index (χ1n) is 5.25. The molecule has 0 unspecified atom stereocenters. The highest BCUT2D eigenvalue weighted by atomic mass is 35.5. The summed E-state index contributed by atoms with van der Waals surface area (Å²) in [7, 11) is 0. The molecule has 1 heterocycles. The van der Waals surface area contributed by atoms with Crippen molar-refractivity contribution in [2.45, 2.75) is 19.8 Å². The number of anilines is 1. The number of hydrogen-bond acceptors (Lipinski definition) is 2. The lowest BCUT2D eigenvalue weighted by Gasteiger charge is -2.17. The van der Waals surface area contributed by atoms with E-state index in [4.69, 9.17) is 11.6 Å². The van der Waals surface area contributed by atoms with Gasteiger partial charge in [-0.05, 0) is 24.1 Å². The van der Waals surface area contributed by atoms with E-state index in [-0.39, 0.29) is 0 Å². The predicted octanol–water partition coefficient (Wildman–Crippen LogP) is 2.68. The van der Waals surface area contributed by atoms with Crippen LogP contribution in [0.5, 0.6) is 0 Å². The highest BCUT2D eigenvalue weighted by Gasteiger charge is 2.19. The minimum atomic E-state index is 0.311. The monoisotopic (exact) mass is 223 g/mol. The van der Waals surface area contributed by atoms with Crippen LogP contribution in [0.1, 0.15) is 18.9 Å². The number of aryl methyl sites for hydroxylation is 1. The summed E-state index contributed by atoms with van der Waals surface area (Å²) in [6.07, 6.45) is 1.60. The Hall–Kier alpha value is -1.02. The molecule has 1 aliphatic heterocycles. The van der Waals surface area contributed by atoms with E-state index < -0.39 is 0 Å². The molecule has 2 rings (SSSR count). The first kappa shape index (κ1) is 10.5. The van der Waals surface area contributed by atoms with Crippen LogP contribution in [0.3, 0.4) is 0 Å². The van der Waals surface area contributed by atoms with Gasteiger partial charge >= 0.3 is 0 Å². The summed E-state index contributed by atoms with van der Waals surface area (Å²) >= 11 is 6.13. The average molecular weight is 224 g/mol. The van der Waals surface area contributed by atoms with Gasteiger partial charge in [0.1, 0.15) is 0 Å². The Morgan fingerprint density at radius 1 is 1.47 bits per heavy atom. The maximum Gasteiger partial charge on any atom is 0.153 e. The van der Waals surface area contributed by atoms with E-state index in [1.807, 2.05) is 18.2 Å². The van der Waals surface area contributed by atoms with Gasteiger partial charge in [0.25, 0.3) is 0 Å². The van der Waals surface area contributed by atoms with Crippen molar-refractivity contribution < 1.29 is 4.79 Å². The van der Waals surface area contributed by atoms with Crippen molar-refractivity contribution in [3.8, 4) is 0 Å². The van der Waals surface area contributed by atoms with E-state index in [1.165, 1.54) is 0 Å². The van der Waals surface area contributed by atoms with Crippen LogP contribution in [0.2, 0.25) is 5.02 Å². The number of carbonyl (C=O) groups excluding carboxylic acids is 1. The zero-order valence-electron chi connectivity index (χ0n) is 8.79. The number of benzene rings is 1. The molecule has 0 aliphatic carbocycles. The zero-order chi connectivity index (χ0) is 10.8. The number of rotatable bonds is 2. The van der Waals surface area contributed by atoms with Crippen LogP contribution in [0.4, 0.5) is 5.69 Å². The molecule has 1 aromatic rings. The van der Waals surface area contributed by atoms with Crippen LogP contribution in [-0.2, 0) is 11.2 Å². The maximum atomic E-state index is 11.2. The van der Waals surface area contributed by atoms with Gasteiger partial charge in [-0.1, -0.05) is 24.6 Å². The number of hydrogen-bond donors (Lipinski definition) is 0. The van der Waals surface area contributed by atoms with Crippen LogP contribution >= 0.6 is 11.6 Å². The SMILES string of the molecule is CCc1ccc(N2CCC(=O)C2)cc1Cl. The Morgan fingerprint density at radius 3 is 2.80 bits per heavy atom. The lowest BCUT2D eigenvalue weighted by atomic mass is 10.1. The molecular weight excluding hydrogens is 210 g/mol. The van der Waals surface area contributed by atoms with Gasteiger partial charge in [0, 0.05) is 23.7 Å². The summed E-state index contributed by atoms with van der Waals surface area (Å²) in [6.45, 7) is 3.43. The predicted molar refractivity (Wildman–Crippen MR) is 62.7 cm³/mol. The minimum Gasteiger partial charge on any atom is -0.364 e. The van der Waals surface area contributed by atoms with Crippen molar-refractivity contribution >= 4 is 23.1 Å². The molecule has 2 nitrogen and oxygen atoms in total. The average Bonchev–Trinajstić information content (AvgIpc) is 2.65. The first-order valence-corrected chi connectivity index (χ1v) is 5.63. The molecule has 0 spiro atoms. The summed E-state index contributed by atoms with van der Waals surface area (Å²) < 4.78 is 0. The summed E-state index contributed by atoms with van der Waals surface area (Å²) in [4.78, 5) is 13.2. The zero-order valence-corrected chi connectivity index (χ0v) is 9.55. The van der Waals surface area contributed by atoms with E-state index in [0.717, 1.165) is 29.2 Å². The smallest absolute Gasteiger partial charge is 0.153 e. The quantitative estimate of drug-likeness (QED) is 0.769. The van der Waals surface area contributed by atoms with Crippen LogP contribution in [0, 0.1) is 0 Å². The van der Waals surface area contributed by atoms with Gasteiger partial charge in [-0.15, -0.1) is 0 Å². The standard InChI is InChI=1S/C12H14ClNO/c1-2-9-3-4-10(7-12(9)13)14-6-5-11(15)8-14/h3-4,7H,2,5-6,8H2,1H3. The van der Waals surface area contributed by atoms with Crippen LogP contribution in [0.15, 0.2) is 18.2 Å². The van der Waals surface area contributed by atoms with Crippen LogP contribution < -0.4 is 4.90 Å². The van der Waals surface area contributed by atoms with Crippen molar-refractivity contribution in [2.24, 2.45) is 0 Å². The first-order chi connectivity index (χ1) is 7.20. The van der Waals surface area contributed by atoms with Gasteiger partial charge < -0.3 is 4.90 Å². The molecule has 0 N–H and O–H groups in total. The highest BCUT2D eigenvalue weighted by molar-refractivity contribution is 6.31. The molecule has 0 amide bonds. The Labute approximate surface area is 94.8 Å². The van der Waals surface area contributed by atoms with E-state index in [2.05, 4.69) is 11.8 Å². The third-order valence-electron chi connectivity index (χ3n) is 2.81. The van der Waals surface area contributed by atoms with Gasteiger partial charge in [0.15, 0.2) is 5.78 Å². The molecular formula is C12H14ClNO. The maximum absolute atomic E-state index is 11.2. The van der Waals surface area contributed by atoms with Crippen molar-refractivity contribution in [1.82, 2.24) is 0 Å². The molecule has 1 fully saturated rings.